The molecule has 0 aliphatic heterocycles. The fourth-order valence-electron chi connectivity index (χ4n) is 2.97. The Labute approximate surface area is 129 Å². The topological polar surface area (TPSA) is 75.6 Å². The monoisotopic (exact) mass is 301 g/mol. The Hall–Kier alpha value is -2.30. The Morgan fingerprint density at radius 2 is 2.05 bits per heavy atom. The minimum absolute atomic E-state index is 0.128. The van der Waals surface area contributed by atoms with E-state index in [-0.39, 0.29) is 6.61 Å². The molecule has 0 saturated heterocycles. The van der Waals surface area contributed by atoms with Crippen LogP contribution in [0.3, 0.4) is 0 Å². The first-order valence-corrected chi connectivity index (χ1v) is 7.52. The van der Waals surface area contributed by atoms with Gasteiger partial charge in [0.15, 0.2) is 6.04 Å². The summed E-state index contributed by atoms with van der Waals surface area (Å²) in [5, 5.41) is 11.8. The minimum atomic E-state index is -1.04. The van der Waals surface area contributed by atoms with Gasteiger partial charge in [-0.3, -0.25) is 0 Å². The molecule has 1 aromatic carbocycles. The maximum Gasteiger partial charge on any atom is 0.408 e. The molecule has 22 heavy (non-hydrogen) atoms. The Morgan fingerprint density at radius 3 is 2.73 bits per heavy atom. The fourth-order valence-corrected chi connectivity index (χ4v) is 2.97. The Morgan fingerprint density at radius 1 is 1.27 bits per heavy atom. The summed E-state index contributed by atoms with van der Waals surface area (Å²) in [5.74, 6) is 0.286. The zero-order chi connectivity index (χ0) is 15.5. The quantitative estimate of drug-likeness (QED) is 0.820. The lowest BCUT2D eigenvalue weighted by Crippen LogP contribution is -2.42. The number of rotatable bonds is 5. The number of aliphatic carboxylic acids is 1. The number of hydrogen-bond acceptors (Lipinski definition) is 3. The molecule has 0 heterocycles. The maximum atomic E-state index is 11.8. The molecule has 1 fully saturated rings. The number of carboxylic acids is 1. The summed E-state index contributed by atoms with van der Waals surface area (Å²) in [6, 6.07) is 8.30. The van der Waals surface area contributed by atoms with Crippen molar-refractivity contribution in [3.8, 4) is 0 Å². The zero-order valence-electron chi connectivity index (χ0n) is 12.2. The summed E-state index contributed by atoms with van der Waals surface area (Å²) >= 11 is 0. The van der Waals surface area contributed by atoms with Gasteiger partial charge in [-0.05, 0) is 42.2 Å². The first-order valence-electron chi connectivity index (χ1n) is 7.52. The van der Waals surface area contributed by atoms with Gasteiger partial charge in [0.1, 0.15) is 6.61 Å². The number of carbonyl (C=O) groups excluding carboxylic acids is 1. The summed E-state index contributed by atoms with van der Waals surface area (Å²) < 4.78 is 5.10. The molecule has 1 amide bonds. The van der Waals surface area contributed by atoms with E-state index in [0.29, 0.717) is 5.92 Å². The number of hydrogen-bond donors (Lipinski definition) is 2. The molecule has 2 aliphatic rings. The predicted octanol–water partition coefficient (Wildman–Crippen LogP) is 2.72. The Balaban J connectivity index is 1.55. The third-order valence-electron chi connectivity index (χ3n) is 4.34. The van der Waals surface area contributed by atoms with E-state index in [9.17, 15) is 14.7 Å². The van der Waals surface area contributed by atoms with E-state index in [1.165, 1.54) is 6.42 Å². The average Bonchev–Trinajstić information content (AvgIpc) is 3.30. The number of ether oxygens (including phenoxy) is 1. The van der Waals surface area contributed by atoms with Crippen LogP contribution in [0, 0.1) is 11.8 Å². The molecule has 3 rings (SSSR count). The first-order chi connectivity index (χ1) is 10.6. The number of fused-ring (bicyclic) bond motifs is 1. The van der Waals surface area contributed by atoms with Crippen LogP contribution in [-0.2, 0) is 16.1 Å². The van der Waals surface area contributed by atoms with Crippen molar-refractivity contribution in [3.05, 3.63) is 47.5 Å². The zero-order valence-corrected chi connectivity index (χ0v) is 12.2. The highest BCUT2D eigenvalue weighted by molar-refractivity contribution is 5.83. The second kappa shape index (κ2) is 6.22. The Kier molecular flexibility index (Phi) is 4.13. The second-order valence-corrected chi connectivity index (χ2v) is 5.95. The molecule has 0 bridgehead atoms. The minimum Gasteiger partial charge on any atom is -0.479 e. The van der Waals surface area contributed by atoms with E-state index < -0.39 is 18.1 Å². The van der Waals surface area contributed by atoms with Crippen LogP contribution in [0.15, 0.2) is 42.0 Å². The molecule has 2 aliphatic carbocycles. The average molecular weight is 301 g/mol. The van der Waals surface area contributed by atoms with Gasteiger partial charge in [0, 0.05) is 0 Å². The lowest BCUT2D eigenvalue weighted by Gasteiger charge is -2.20. The van der Waals surface area contributed by atoms with Gasteiger partial charge in [-0.2, -0.15) is 0 Å². The lowest BCUT2D eigenvalue weighted by atomic mass is 9.94. The molecule has 0 aromatic heterocycles. The summed E-state index contributed by atoms with van der Waals surface area (Å²) in [6.07, 6.45) is 4.12. The molecule has 2 unspecified atom stereocenters. The molecule has 0 radical (unpaired) electrons. The van der Waals surface area contributed by atoms with Crippen molar-refractivity contribution in [2.24, 2.45) is 11.8 Å². The Bertz CT molecular complexity index is 596. The van der Waals surface area contributed by atoms with Gasteiger partial charge in [0.05, 0.1) is 0 Å². The van der Waals surface area contributed by atoms with Gasteiger partial charge in [-0.15, -0.1) is 0 Å². The normalized spacial score (nSPS) is 23.7. The van der Waals surface area contributed by atoms with E-state index in [2.05, 4.69) is 5.32 Å². The molecule has 2 N–H and O–H groups in total. The van der Waals surface area contributed by atoms with Crippen LogP contribution in [0.5, 0.6) is 0 Å². The fraction of sp³-hybridized carbons (Fsp3) is 0.412. The first kappa shape index (κ1) is 14.6. The van der Waals surface area contributed by atoms with E-state index in [1.807, 2.05) is 36.4 Å². The van der Waals surface area contributed by atoms with Gasteiger partial charge in [0.25, 0.3) is 0 Å². The van der Waals surface area contributed by atoms with Crippen LogP contribution in [0.2, 0.25) is 0 Å². The number of amides is 1. The van der Waals surface area contributed by atoms with E-state index in [0.717, 1.165) is 29.9 Å². The third kappa shape index (κ3) is 3.47. The number of benzene rings is 1. The highest BCUT2D eigenvalue weighted by atomic mass is 16.5. The van der Waals surface area contributed by atoms with Crippen molar-refractivity contribution < 1.29 is 19.4 Å². The van der Waals surface area contributed by atoms with Crippen molar-refractivity contribution in [3.63, 3.8) is 0 Å². The van der Waals surface area contributed by atoms with E-state index in [4.69, 9.17) is 4.74 Å². The summed E-state index contributed by atoms with van der Waals surface area (Å²) in [4.78, 5) is 23.3. The smallest absolute Gasteiger partial charge is 0.408 e. The van der Waals surface area contributed by atoms with Crippen LogP contribution >= 0.6 is 0 Å². The number of nitrogens with one attached hydrogen (secondary N) is 1. The van der Waals surface area contributed by atoms with Crippen LogP contribution in [0.25, 0.3) is 0 Å². The molecule has 5 heteroatoms. The predicted molar refractivity (Wildman–Crippen MR) is 80.1 cm³/mol. The molecule has 5 nitrogen and oxygen atoms in total. The van der Waals surface area contributed by atoms with Crippen molar-refractivity contribution >= 4 is 12.1 Å². The summed E-state index contributed by atoms with van der Waals surface area (Å²) in [6.45, 7) is 0.128. The van der Waals surface area contributed by atoms with Crippen molar-refractivity contribution in [1.82, 2.24) is 5.32 Å². The standard InChI is InChI=1S/C17H19NO4/c19-16(20)15(13-7-6-12-8-14(12)9-13)18-17(21)22-10-11-4-2-1-3-5-11/h1-5,7,12,14-15H,6,8-10H2,(H,18,21)(H,19,20)/t12?,14?,15-/m1/s1. The molecule has 3 atom stereocenters. The van der Waals surface area contributed by atoms with Crippen LogP contribution < -0.4 is 5.32 Å². The van der Waals surface area contributed by atoms with Gasteiger partial charge in [0.2, 0.25) is 0 Å². The van der Waals surface area contributed by atoms with E-state index in [1.54, 1.807) is 0 Å². The van der Waals surface area contributed by atoms with Gasteiger partial charge in [-0.1, -0.05) is 36.4 Å². The SMILES string of the molecule is O=C(N[C@@H](C(=O)O)C1=CCC2CC2C1)OCc1ccccc1. The number of carbonyl (C=O) groups is 2. The van der Waals surface area contributed by atoms with Crippen molar-refractivity contribution in [1.29, 1.82) is 0 Å². The second-order valence-electron chi connectivity index (χ2n) is 5.95. The summed E-state index contributed by atoms with van der Waals surface area (Å²) in [5.41, 5.74) is 1.66. The highest BCUT2D eigenvalue weighted by Crippen LogP contribution is 2.49. The lowest BCUT2D eigenvalue weighted by molar-refractivity contribution is -0.138. The molecule has 1 saturated carbocycles. The summed E-state index contributed by atoms with van der Waals surface area (Å²) in [7, 11) is 0. The van der Waals surface area contributed by atoms with Crippen LogP contribution in [0.1, 0.15) is 24.8 Å². The molecule has 0 spiro atoms. The molecular formula is C17H19NO4. The van der Waals surface area contributed by atoms with Crippen molar-refractivity contribution in [2.45, 2.75) is 31.9 Å². The van der Waals surface area contributed by atoms with Crippen LogP contribution in [0.4, 0.5) is 4.79 Å². The number of allylic oxidation sites excluding steroid dienone is 1. The van der Waals surface area contributed by atoms with Crippen LogP contribution in [-0.4, -0.2) is 23.2 Å². The van der Waals surface area contributed by atoms with Gasteiger partial charge >= 0.3 is 12.1 Å². The highest BCUT2D eigenvalue weighted by Gasteiger charge is 2.41. The molecular weight excluding hydrogens is 282 g/mol. The maximum absolute atomic E-state index is 11.8. The van der Waals surface area contributed by atoms with E-state index >= 15 is 0 Å². The van der Waals surface area contributed by atoms with Crippen molar-refractivity contribution in [2.75, 3.05) is 0 Å². The molecule has 116 valence electrons. The number of carboxylic acid groups (broad SMARTS) is 1. The largest absolute Gasteiger partial charge is 0.479 e. The number of alkyl carbamates (subject to hydrolysis) is 1. The van der Waals surface area contributed by atoms with Gasteiger partial charge in [-0.25, -0.2) is 9.59 Å². The van der Waals surface area contributed by atoms with Gasteiger partial charge < -0.3 is 15.2 Å². The molecule has 1 aromatic rings. The third-order valence-corrected chi connectivity index (χ3v) is 4.34.